The fourth-order valence-electron chi connectivity index (χ4n) is 9.86. The molecule has 9 aromatic carbocycles. The van der Waals surface area contributed by atoms with Gasteiger partial charge in [0.25, 0.3) is 0 Å². The summed E-state index contributed by atoms with van der Waals surface area (Å²) in [5, 5.41) is 4.87. The first-order valence-electron chi connectivity index (χ1n) is 18.1. The van der Waals surface area contributed by atoms with Crippen LogP contribution in [0.1, 0.15) is 22.3 Å². The predicted octanol–water partition coefficient (Wildman–Crippen LogP) is 13.4. The third-order valence-electron chi connectivity index (χ3n) is 11.9. The molecular weight excluding hydrogens is 629 g/mol. The highest BCUT2D eigenvalue weighted by Crippen LogP contribution is 2.63. The molecule has 0 unspecified atom stereocenters. The van der Waals surface area contributed by atoms with E-state index in [1.807, 2.05) is 6.07 Å². The number of para-hydroxylation sites is 1. The highest BCUT2D eigenvalue weighted by atomic mass is 16.5. The summed E-state index contributed by atoms with van der Waals surface area (Å²) in [5.74, 6) is 1.82. The Morgan fingerprint density at radius 3 is 1.48 bits per heavy atom. The van der Waals surface area contributed by atoms with E-state index in [1.54, 1.807) is 0 Å². The van der Waals surface area contributed by atoms with Crippen molar-refractivity contribution < 1.29 is 4.74 Å². The first-order chi connectivity index (χ1) is 25.8. The zero-order chi connectivity index (χ0) is 34.0. The first-order valence-corrected chi connectivity index (χ1v) is 18.1. The van der Waals surface area contributed by atoms with Crippen LogP contribution in [-0.2, 0) is 5.41 Å². The van der Waals surface area contributed by atoms with E-state index in [0.29, 0.717) is 0 Å². The van der Waals surface area contributed by atoms with Gasteiger partial charge in [0, 0.05) is 10.9 Å². The SMILES string of the molecule is c1ccc2c(c1)Oc1ccc(-c3ccc(-c4ccc5c(c4)C4(c6ccccc6-c6ccccc64)c4ccccc4-5)c4ccccc34)c3cccc-2c13. The molecule has 0 saturated carbocycles. The summed E-state index contributed by atoms with van der Waals surface area (Å²) in [4.78, 5) is 0. The molecule has 1 nitrogen and oxygen atoms in total. The van der Waals surface area contributed by atoms with E-state index in [9.17, 15) is 0 Å². The van der Waals surface area contributed by atoms with Gasteiger partial charge in [0.05, 0.1) is 5.41 Å². The highest BCUT2D eigenvalue weighted by molar-refractivity contribution is 6.14. The van der Waals surface area contributed by atoms with E-state index in [1.165, 1.54) is 93.9 Å². The third kappa shape index (κ3) is 3.48. The maximum atomic E-state index is 6.45. The number of hydrogen-bond acceptors (Lipinski definition) is 1. The number of benzene rings is 9. The molecule has 0 fully saturated rings. The van der Waals surface area contributed by atoms with Crippen molar-refractivity contribution in [2.75, 3.05) is 0 Å². The topological polar surface area (TPSA) is 9.23 Å². The van der Waals surface area contributed by atoms with Crippen LogP contribution in [0.2, 0.25) is 0 Å². The highest BCUT2D eigenvalue weighted by Gasteiger charge is 2.51. The Morgan fingerprint density at radius 2 is 0.769 bits per heavy atom. The molecule has 0 bridgehead atoms. The largest absolute Gasteiger partial charge is 0.456 e. The van der Waals surface area contributed by atoms with Gasteiger partial charge in [0.15, 0.2) is 0 Å². The van der Waals surface area contributed by atoms with Crippen LogP contribution < -0.4 is 4.74 Å². The monoisotopic (exact) mass is 658 g/mol. The average Bonchev–Trinajstić information content (AvgIpc) is 3.68. The van der Waals surface area contributed by atoms with Crippen molar-refractivity contribution in [1.82, 2.24) is 0 Å². The molecule has 1 heterocycles. The van der Waals surface area contributed by atoms with E-state index in [2.05, 4.69) is 176 Å². The van der Waals surface area contributed by atoms with E-state index < -0.39 is 0 Å². The van der Waals surface area contributed by atoms with Gasteiger partial charge in [0.1, 0.15) is 11.5 Å². The third-order valence-corrected chi connectivity index (χ3v) is 11.9. The Morgan fingerprint density at radius 1 is 0.288 bits per heavy atom. The summed E-state index contributed by atoms with van der Waals surface area (Å²) in [7, 11) is 0. The van der Waals surface area contributed by atoms with Gasteiger partial charge < -0.3 is 4.74 Å². The average molecular weight is 659 g/mol. The van der Waals surface area contributed by atoms with E-state index in [0.717, 1.165) is 17.1 Å². The van der Waals surface area contributed by atoms with Crippen LogP contribution in [0.4, 0.5) is 0 Å². The maximum absolute atomic E-state index is 6.45. The number of ether oxygens (including phenoxy) is 1. The molecule has 52 heavy (non-hydrogen) atoms. The van der Waals surface area contributed by atoms with Gasteiger partial charge in [-0.2, -0.15) is 0 Å². The molecule has 1 aliphatic heterocycles. The van der Waals surface area contributed by atoms with Crippen molar-refractivity contribution in [2.24, 2.45) is 0 Å². The molecule has 2 aliphatic carbocycles. The second-order valence-corrected chi connectivity index (χ2v) is 14.3. The van der Waals surface area contributed by atoms with Crippen molar-refractivity contribution in [3.63, 3.8) is 0 Å². The summed E-state index contributed by atoms with van der Waals surface area (Å²) in [6, 6.07) is 67.2. The minimum Gasteiger partial charge on any atom is -0.456 e. The molecule has 0 atom stereocenters. The van der Waals surface area contributed by atoms with Gasteiger partial charge in [-0.1, -0.05) is 164 Å². The fraction of sp³-hybridized carbons (Fsp3) is 0.0196. The van der Waals surface area contributed by atoms with Gasteiger partial charge in [-0.05, 0) is 107 Å². The lowest BCUT2D eigenvalue weighted by atomic mass is 9.70. The Bertz CT molecular complexity index is 2940. The van der Waals surface area contributed by atoms with Crippen LogP contribution in [0.25, 0.3) is 77.2 Å². The van der Waals surface area contributed by atoms with Crippen molar-refractivity contribution >= 4 is 21.5 Å². The lowest BCUT2D eigenvalue weighted by molar-refractivity contribution is 0.487. The number of fused-ring (bicyclic) bond motifs is 13. The molecule has 3 aliphatic rings. The molecule has 1 spiro atoms. The molecule has 240 valence electrons. The smallest absolute Gasteiger partial charge is 0.135 e. The van der Waals surface area contributed by atoms with Crippen molar-refractivity contribution in [1.29, 1.82) is 0 Å². The summed E-state index contributed by atoms with van der Waals surface area (Å²) in [6.45, 7) is 0. The molecule has 0 amide bonds. The second-order valence-electron chi connectivity index (χ2n) is 14.3. The van der Waals surface area contributed by atoms with E-state index >= 15 is 0 Å². The molecular formula is C51H30O. The lowest BCUT2D eigenvalue weighted by Crippen LogP contribution is -2.25. The molecule has 0 radical (unpaired) electrons. The van der Waals surface area contributed by atoms with Crippen molar-refractivity contribution in [3.8, 4) is 67.1 Å². The minimum atomic E-state index is -0.366. The summed E-state index contributed by atoms with van der Waals surface area (Å²) >= 11 is 0. The van der Waals surface area contributed by atoms with E-state index in [4.69, 9.17) is 4.74 Å². The zero-order valence-electron chi connectivity index (χ0n) is 28.2. The van der Waals surface area contributed by atoms with Crippen LogP contribution >= 0.6 is 0 Å². The number of rotatable bonds is 2. The quantitative estimate of drug-likeness (QED) is 0.180. The van der Waals surface area contributed by atoms with Crippen LogP contribution in [0, 0.1) is 0 Å². The second kappa shape index (κ2) is 10.2. The molecule has 12 rings (SSSR count). The lowest BCUT2D eigenvalue weighted by Gasteiger charge is -2.30. The fourth-order valence-corrected chi connectivity index (χ4v) is 9.86. The summed E-state index contributed by atoms with van der Waals surface area (Å²) in [5.41, 5.74) is 17.7. The van der Waals surface area contributed by atoms with Crippen LogP contribution in [0.15, 0.2) is 182 Å². The molecule has 0 saturated heterocycles. The Labute approximate surface area is 302 Å². The van der Waals surface area contributed by atoms with Crippen LogP contribution in [-0.4, -0.2) is 0 Å². The number of hydrogen-bond donors (Lipinski definition) is 0. The maximum Gasteiger partial charge on any atom is 0.135 e. The Hall–Kier alpha value is -6.70. The predicted molar refractivity (Wildman–Crippen MR) is 214 cm³/mol. The Kier molecular flexibility index (Phi) is 5.49. The summed E-state index contributed by atoms with van der Waals surface area (Å²) < 4.78 is 6.45. The minimum absolute atomic E-state index is 0.366. The molecule has 0 N–H and O–H groups in total. The normalized spacial score (nSPS) is 13.7. The van der Waals surface area contributed by atoms with Gasteiger partial charge in [0.2, 0.25) is 0 Å². The van der Waals surface area contributed by atoms with Crippen LogP contribution in [0.5, 0.6) is 11.5 Å². The summed E-state index contributed by atoms with van der Waals surface area (Å²) in [6.07, 6.45) is 0. The van der Waals surface area contributed by atoms with Crippen LogP contribution in [0.3, 0.4) is 0 Å². The van der Waals surface area contributed by atoms with Gasteiger partial charge in [-0.3, -0.25) is 0 Å². The Balaban J connectivity index is 1.08. The van der Waals surface area contributed by atoms with Gasteiger partial charge in [-0.15, -0.1) is 0 Å². The first kappa shape index (κ1) is 28.0. The van der Waals surface area contributed by atoms with Crippen molar-refractivity contribution in [3.05, 3.63) is 204 Å². The molecule has 9 aromatic rings. The molecule has 0 aromatic heterocycles. The molecule has 1 heteroatoms. The van der Waals surface area contributed by atoms with E-state index in [-0.39, 0.29) is 5.41 Å². The van der Waals surface area contributed by atoms with Gasteiger partial charge in [-0.25, -0.2) is 0 Å². The van der Waals surface area contributed by atoms with Gasteiger partial charge >= 0.3 is 0 Å². The van der Waals surface area contributed by atoms with Crippen molar-refractivity contribution in [2.45, 2.75) is 5.41 Å². The standard InChI is InChI=1S/C51H30O/c1-2-13-34-33(12-1)32(26-27-35(34)36-28-29-49-50-42(36)18-11-19-43(50)41-17-6-10-23-48(41)52-49)31-24-25-40-39-16-5-9-22-46(39)51(47(40)30-31)44-20-7-3-14-37(44)38-15-4-8-21-45(38)51/h1-30H. The zero-order valence-corrected chi connectivity index (χ0v) is 28.2.